The number of carbonyl (C=O) groups is 1. The molecule has 1 aromatic heterocycles. The molecule has 1 atom stereocenters. The number of halogens is 1. The molecule has 0 radical (unpaired) electrons. The van der Waals surface area contributed by atoms with E-state index in [2.05, 4.69) is 27.1 Å². The van der Waals surface area contributed by atoms with Gasteiger partial charge in [0.2, 0.25) is 0 Å². The maximum Gasteiger partial charge on any atom is 0.251 e. The molecule has 0 aliphatic carbocycles. The molecule has 4 rings (SSSR count). The molecule has 6 nitrogen and oxygen atoms in total. The molecule has 0 saturated carbocycles. The molecule has 0 spiro atoms. The highest BCUT2D eigenvalue weighted by atomic mass is 32.2. The Kier molecular flexibility index (Phi) is 6.81. The first-order chi connectivity index (χ1) is 15.5. The van der Waals surface area contributed by atoms with E-state index < -0.39 is 0 Å². The Bertz CT molecular complexity index is 1080. The number of hydrogen-bond acceptors (Lipinski definition) is 5. The average molecular weight is 454 g/mol. The van der Waals surface area contributed by atoms with Crippen LogP contribution in [0, 0.1) is 5.82 Å². The molecule has 1 unspecified atom stereocenters. The first kappa shape index (κ1) is 22.4. The number of anilines is 1. The summed E-state index contributed by atoms with van der Waals surface area (Å²) in [4.78, 5) is 21.8. The van der Waals surface area contributed by atoms with E-state index in [1.54, 1.807) is 30.1 Å². The normalized spacial score (nSPS) is 15.6. The molecule has 168 valence electrons. The fourth-order valence-corrected chi connectivity index (χ4v) is 4.51. The number of amides is 1. The van der Waals surface area contributed by atoms with Gasteiger partial charge in [-0.15, -0.1) is 0 Å². The van der Waals surface area contributed by atoms with Gasteiger partial charge >= 0.3 is 0 Å². The topological polar surface area (TPSA) is 53.4 Å². The van der Waals surface area contributed by atoms with E-state index in [-0.39, 0.29) is 17.8 Å². The van der Waals surface area contributed by atoms with E-state index in [1.807, 2.05) is 42.1 Å². The fraction of sp³-hybridized carbons (Fsp3) is 0.333. The van der Waals surface area contributed by atoms with Crippen molar-refractivity contribution in [3.8, 4) is 5.69 Å². The lowest BCUT2D eigenvalue weighted by atomic mass is 10.0. The zero-order valence-corrected chi connectivity index (χ0v) is 19.4. The summed E-state index contributed by atoms with van der Waals surface area (Å²) >= 11 is 1.56. The third-order valence-corrected chi connectivity index (χ3v) is 6.51. The Morgan fingerprint density at radius 3 is 2.53 bits per heavy atom. The summed E-state index contributed by atoms with van der Waals surface area (Å²) in [5.74, 6) is -0.485. The number of aromatic nitrogens is 2. The van der Waals surface area contributed by atoms with Gasteiger partial charge < -0.3 is 15.1 Å². The van der Waals surface area contributed by atoms with Crippen molar-refractivity contribution in [1.29, 1.82) is 0 Å². The molecule has 1 aliphatic rings. The number of thioether (sulfide) groups is 1. The van der Waals surface area contributed by atoms with Gasteiger partial charge in [-0.25, -0.2) is 9.37 Å². The standard InChI is InChI=1S/C24H28FN5OS/c1-17(21-16-19(25)6-9-22(21)29-14-12-28(2)13-15-29)27-23(31)18-4-7-20(8-5-18)30-11-10-26-24(30)32-3/h4-11,16-17H,12-15H2,1-3H3,(H,27,31). The number of nitrogens with one attached hydrogen (secondary N) is 1. The Morgan fingerprint density at radius 1 is 1.12 bits per heavy atom. The van der Waals surface area contributed by atoms with Crippen LogP contribution < -0.4 is 10.2 Å². The number of benzene rings is 2. The van der Waals surface area contributed by atoms with Crippen LogP contribution in [0.25, 0.3) is 5.69 Å². The number of piperazine rings is 1. The molecule has 8 heteroatoms. The van der Waals surface area contributed by atoms with Crippen molar-refractivity contribution in [1.82, 2.24) is 19.8 Å². The van der Waals surface area contributed by atoms with Crippen LogP contribution in [0.3, 0.4) is 0 Å². The van der Waals surface area contributed by atoms with E-state index in [9.17, 15) is 9.18 Å². The van der Waals surface area contributed by atoms with Gasteiger partial charge in [0, 0.05) is 61.1 Å². The Morgan fingerprint density at radius 2 is 1.84 bits per heavy atom. The zero-order chi connectivity index (χ0) is 22.7. The maximum absolute atomic E-state index is 14.1. The molecule has 1 amide bonds. The van der Waals surface area contributed by atoms with Crippen LogP contribution in [0.15, 0.2) is 60.0 Å². The van der Waals surface area contributed by atoms with E-state index in [0.717, 1.165) is 48.3 Å². The van der Waals surface area contributed by atoms with Gasteiger partial charge in [-0.1, -0.05) is 11.8 Å². The van der Waals surface area contributed by atoms with Gasteiger partial charge in [0.25, 0.3) is 5.91 Å². The number of rotatable bonds is 6. The highest BCUT2D eigenvalue weighted by molar-refractivity contribution is 7.98. The first-order valence-electron chi connectivity index (χ1n) is 10.7. The number of imidazole rings is 1. The van der Waals surface area contributed by atoms with Crippen molar-refractivity contribution in [2.24, 2.45) is 0 Å². The number of carbonyl (C=O) groups excluding carboxylic acids is 1. The molecule has 32 heavy (non-hydrogen) atoms. The molecule has 1 fully saturated rings. The number of nitrogens with zero attached hydrogens (tertiary/aromatic N) is 4. The highest BCUT2D eigenvalue weighted by Gasteiger charge is 2.21. The molecule has 1 saturated heterocycles. The first-order valence-corrected chi connectivity index (χ1v) is 11.9. The van der Waals surface area contributed by atoms with E-state index in [0.29, 0.717) is 5.56 Å². The highest BCUT2D eigenvalue weighted by Crippen LogP contribution is 2.28. The lowest BCUT2D eigenvalue weighted by molar-refractivity contribution is 0.0940. The van der Waals surface area contributed by atoms with Crippen LogP contribution in [0.4, 0.5) is 10.1 Å². The lowest BCUT2D eigenvalue weighted by Crippen LogP contribution is -2.45. The largest absolute Gasteiger partial charge is 0.369 e. The summed E-state index contributed by atoms with van der Waals surface area (Å²) in [6.07, 6.45) is 5.63. The average Bonchev–Trinajstić information content (AvgIpc) is 3.29. The second kappa shape index (κ2) is 9.75. The molecule has 3 aromatic rings. The molecule has 1 aliphatic heterocycles. The predicted molar refractivity (Wildman–Crippen MR) is 127 cm³/mol. The molecule has 2 heterocycles. The third-order valence-electron chi connectivity index (χ3n) is 5.84. The van der Waals surface area contributed by atoms with Gasteiger partial charge in [-0.3, -0.25) is 9.36 Å². The van der Waals surface area contributed by atoms with Gasteiger partial charge in [-0.05, 0) is 62.7 Å². The summed E-state index contributed by atoms with van der Waals surface area (Å²) in [5.41, 5.74) is 3.28. The SMILES string of the molecule is CSc1nccn1-c1ccc(C(=O)NC(C)c2cc(F)ccc2N2CCN(C)CC2)cc1. The van der Waals surface area contributed by atoms with Crippen LogP contribution in [0.1, 0.15) is 28.9 Å². The van der Waals surface area contributed by atoms with Crippen molar-refractivity contribution in [2.45, 2.75) is 18.1 Å². The summed E-state index contributed by atoms with van der Waals surface area (Å²) in [6, 6.07) is 11.9. The summed E-state index contributed by atoms with van der Waals surface area (Å²) < 4.78 is 16.1. The minimum Gasteiger partial charge on any atom is -0.369 e. The summed E-state index contributed by atoms with van der Waals surface area (Å²) in [6.45, 7) is 5.57. The predicted octanol–water partition coefficient (Wildman–Crippen LogP) is 3.98. The van der Waals surface area contributed by atoms with Crippen molar-refractivity contribution < 1.29 is 9.18 Å². The second-order valence-corrected chi connectivity index (χ2v) is 8.79. The van der Waals surface area contributed by atoms with Gasteiger partial charge in [0.1, 0.15) is 5.82 Å². The molecule has 2 aromatic carbocycles. The Balaban J connectivity index is 1.50. The molecular formula is C24H28FN5OS. The Labute approximate surface area is 192 Å². The van der Waals surface area contributed by atoms with Crippen molar-refractivity contribution in [3.05, 3.63) is 71.8 Å². The Hall–Kier alpha value is -2.84. The zero-order valence-electron chi connectivity index (χ0n) is 18.6. The second-order valence-electron chi connectivity index (χ2n) is 8.02. The minimum absolute atomic E-state index is 0.187. The van der Waals surface area contributed by atoms with Crippen molar-refractivity contribution >= 4 is 23.4 Å². The third kappa shape index (κ3) is 4.81. The number of hydrogen-bond donors (Lipinski definition) is 1. The summed E-state index contributed by atoms with van der Waals surface area (Å²) in [7, 11) is 2.10. The molecule has 1 N–H and O–H groups in total. The minimum atomic E-state index is -0.329. The molecule has 0 bridgehead atoms. The van der Waals surface area contributed by atoms with Crippen LogP contribution in [0.5, 0.6) is 0 Å². The monoisotopic (exact) mass is 453 g/mol. The fourth-order valence-electron chi connectivity index (χ4n) is 3.98. The van der Waals surface area contributed by atoms with Gasteiger partial charge in [-0.2, -0.15) is 0 Å². The van der Waals surface area contributed by atoms with Crippen LogP contribution >= 0.6 is 11.8 Å². The lowest BCUT2D eigenvalue weighted by Gasteiger charge is -2.36. The van der Waals surface area contributed by atoms with Crippen LogP contribution in [0.2, 0.25) is 0 Å². The maximum atomic E-state index is 14.1. The van der Waals surface area contributed by atoms with Crippen molar-refractivity contribution in [2.75, 3.05) is 44.4 Å². The van der Waals surface area contributed by atoms with Crippen LogP contribution in [-0.2, 0) is 0 Å². The van der Waals surface area contributed by atoms with E-state index in [1.165, 1.54) is 12.1 Å². The summed E-state index contributed by atoms with van der Waals surface area (Å²) in [5, 5.41) is 3.93. The van der Waals surface area contributed by atoms with Crippen molar-refractivity contribution in [3.63, 3.8) is 0 Å². The van der Waals surface area contributed by atoms with Gasteiger partial charge in [0.15, 0.2) is 5.16 Å². The van der Waals surface area contributed by atoms with E-state index in [4.69, 9.17) is 0 Å². The number of likely N-dealkylation sites (N-methyl/N-ethyl adjacent to an activating group) is 1. The smallest absolute Gasteiger partial charge is 0.251 e. The van der Waals surface area contributed by atoms with E-state index >= 15 is 0 Å². The molecular weight excluding hydrogens is 425 g/mol. The van der Waals surface area contributed by atoms with Gasteiger partial charge in [0.05, 0.1) is 6.04 Å². The van der Waals surface area contributed by atoms with Crippen LogP contribution in [-0.4, -0.2) is 59.8 Å². The quantitative estimate of drug-likeness (QED) is 0.573.